The Morgan fingerprint density at radius 3 is 2.58 bits per heavy atom. The molecule has 2 aromatic heterocycles. The highest BCUT2D eigenvalue weighted by Gasteiger charge is 2.41. The molecule has 33 heavy (non-hydrogen) atoms. The lowest BCUT2D eigenvalue weighted by Gasteiger charge is -2.29. The van der Waals surface area contributed by atoms with Crippen LogP contribution in [0.1, 0.15) is 40.3 Å². The summed E-state index contributed by atoms with van der Waals surface area (Å²) < 4.78 is 11.8. The normalized spacial score (nSPS) is 17.5. The lowest BCUT2D eigenvalue weighted by molar-refractivity contribution is -0.140. The molecule has 0 bridgehead atoms. The first-order chi connectivity index (χ1) is 16.0. The number of carbonyl (C=O) groups is 2. The summed E-state index contributed by atoms with van der Waals surface area (Å²) in [5, 5.41) is 3.89. The maximum absolute atomic E-state index is 12.4. The number of methoxy groups -OCH3 is 2. The molecule has 0 amide bonds. The molecule has 1 saturated heterocycles. The number of esters is 2. The van der Waals surface area contributed by atoms with Crippen LogP contribution < -0.4 is 5.32 Å². The van der Waals surface area contributed by atoms with Crippen molar-refractivity contribution in [1.82, 2.24) is 19.8 Å². The molecule has 9 heteroatoms. The Hall–Kier alpha value is -3.72. The van der Waals surface area contributed by atoms with Crippen molar-refractivity contribution in [3.8, 4) is 5.69 Å². The average molecular weight is 465 g/mol. The monoisotopic (exact) mass is 464 g/mol. The quantitative estimate of drug-likeness (QED) is 0.422. The first-order valence-electron chi connectivity index (χ1n) is 10.4. The number of pyridine rings is 1. The minimum absolute atomic E-state index is 0.184. The summed E-state index contributed by atoms with van der Waals surface area (Å²) in [6.45, 7) is 0.371. The number of ether oxygens (including phenoxy) is 2. The third-order valence-corrected chi connectivity index (χ3v) is 5.99. The van der Waals surface area contributed by atoms with Crippen LogP contribution in [0.4, 0.5) is 0 Å². The Morgan fingerprint density at radius 2 is 1.85 bits per heavy atom. The van der Waals surface area contributed by atoms with E-state index in [0.717, 1.165) is 11.4 Å². The second-order valence-electron chi connectivity index (χ2n) is 7.46. The maximum Gasteiger partial charge on any atom is 0.339 e. The predicted molar refractivity (Wildman–Crippen MR) is 126 cm³/mol. The Kier molecular flexibility index (Phi) is 6.69. The van der Waals surface area contributed by atoms with E-state index in [9.17, 15) is 9.59 Å². The molecule has 0 unspecified atom stereocenters. The molecule has 170 valence electrons. The number of nitrogens with zero attached hydrogens (tertiary/aromatic N) is 3. The molecular weight excluding hydrogens is 440 g/mol. The van der Waals surface area contributed by atoms with Gasteiger partial charge in [-0.3, -0.25) is 9.78 Å². The van der Waals surface area contributed by atoms with Gasteiger partial charge in [0.2, 0.25) is 0 Å². The minimum Gasteiger partial charge on any atom is -0.469 e. The van der Waals surface area contributed by atoms with Crippen LogP contribution in [0.2, 0.25) is 0 Å². The van der Waals surface area contributed by atoms with Crippen molar-refractivity contribution >= 4 is 29.3 Å². The van der Waals surface area contributed by atoms with E-state index in [1.807, 2.05) is 58.1 Å². The SMILES string of the molecule is COC(=O)CCN1C(=S)N[C@@H](c2ccccn2)[C@@H]1c1cccn1-c1ccccc1C(=O)OC. The molecular formula is C24H24N4O4S. The number of nitrogens with one attached hydrogen (secondary N) is 1. The second-order valence-corrected chi connectivity index (χ2v) is 7.84. The van der Waals surface area contributed by atoms with Gasteiger partial charge in [0.25, 0.3) is 0 Å². The highest BCUT2D eigenvalue weighted by atomic mass is 32.1. The summed E-state index contributed by atoms with van der Waals surface area (Å²) in [6, 6.07) is 16.3. The van der Waals surface area contributed by atoms with Crippen molar-refractivity contribution in [2.75, 3.05) is 20.8 Å². The van der Waals surface area contributed by atoms with Gasteiger partial charge in [0.15, 0.2) is 5.11 Å². The first kappa shape index (κ1) is 22.5. The van der Waals surface area contributed by atoms with Gasteiger partial charge in [0.05, 0.1) is 49.7 Å². The summed E-state index contributed by atoms with van der Waals surface area (Å²) >= 11 is 5.65. The molecule has 8 nitrogen and oxygen atoms in total. The number of aromatic nitrogens is 2. The van der Waals surface area contributed by atoms with Crippen molar-refractivity contribution in [2.24, 2.45) is 0 Å². The van der Waals surface area contributed by atoms with E-state index >= 15 is 0 Å². The van der Waals surface area contributed by atoms with E-state index in [-0.39, 0.29) is 24.5 Å². The van der Waals surface area contributed by atoms with Crippen LogP contribution in [-0.4, -0.2) is 52.3 Å². The summed E-state index contributed by atoms with van der Waals surface area (Å²) in [7, 11) is 2.73. The van der Waals surface area contributed by atoms with Crippen molar-refractivity contribution in [3.05, 3.63) is 83.9 Å². The van der Waals surface area contributed by atoms with Gasteiger partial charge in [-0.25, -0.2) is 4.79 Å². The number of rotatable bonds is 7. The zero-order valence-corrected chi connectivity index (χ0v) is 19.1. The standard InChI is InChI=1S/C24H24N4O4S/c1-31-20(29)12-15-28-22(21(26-24(28)33)17-9-5-6-13-25-17)19-11-7-14-27(19)18-10-4-3-8-16(18)23(30)32-2/h3-11,13-14,21-22H,12,15H2,1-2H3,(H,26,33)/t21-,22-/m0/s1. The molecule has 0 spiro atoms. The number of benzene rings is 1. The van der Waals surface area contributed by atoms with Crippen LogP contribution in [-0.2, 0) is 14.3 Å². The van der Waals surface area contributed by atoms with Crippen molar-refractivity contribution in [2.45, 2.75) is 18.5 Å². The number of hydrogen-bond donors (Lipinski definition) is 1. The maximum atomic E-state index is 12.4. The van der Waals surface area contributed by atoms with Gasteiger partial charge in [-0.1, -0.05) is 18.2 Å². The zero-order chi connectivity index (χ0) is 23.4. The number of thiocarbonyl (C=S) groups is 1. The van der Waals surface area contributed by atoms with Crippen LogP contribution >= 0.6 is 12.2 Å². The van der Waals surface area contributed by atoms with Gasteiger partial charge in [0.1, 0.15) is 0 Å². The molecule has 1 N–H and O–H groups in total. The Labute approximate surface area is 197 Å². The molecule has 3 heterocycles. The van der Waals surface area contributed by atoms with E-state index in [0.29, 0.717) is 22.9 Å². The Morgan fingerprint density at radius 1 is 1.06 bits per heavy atom. The van der Waals surface area contributed by atoms with Crippen LogP contribution in [0.15, 0.2) is 67.0 Å². The van der Waals surface area contributed by atoms with Crippen LogP contribution in [0.5, 0.6) is 0 Å². The molecule has 1 aromatic carbocycles. The molecule has 0 aliphatic carbocycles. The predicted octanol–water partition coefficient (Wildman–Crippen LogP) is 3.19. The molecule has 1 aliphatic rings. The average Bonchev–Trinajstić information content (AvgIpc) is 3.46. The number of hydrogen-bond acceptors (Lipinski definition) is 6. The third kappa shape index (κ3) is 4.45. The molecule has 1 fully saturated rings. The van der Waals surface area contributed by atoms with E-state index in [1.54, 1.807) is 18.3 Å². The van der Waals surface area contributed by atoms with Crippen molar-refractivity contribution in [3.63, 3.8) is 0 Å². The Balaban J connectivity index is 1.81. The van der Waals surface area contributed by atoms with Crippen LogP contribution in [0, 0.1) is 0 Å². The summed E-state index contributed by atoms with van der Waals surface area (Å²) in [5.41, 5.74) is 2.84. The number of carbonyl (C=O) groups excluding carboxylic acids is 2. The zero-order valence-electron chi connectivity index (χ0n) is 18.3. The minimum atomic E-state index is -0.422. The Bertz CT molecular complexity index is 1160. The lowest BCUT2D eigenvalue weighted by atomic mass is 10.0. The van der Waals surface area contributed by atoms with Gasteiger partial charge in [-0.15, -0.1) is 0 Å². The van der Waals surface area contributed by atoms with E-state index in [2.05, 4.69) is 10.3 Å². The van der Waals surface area contributed by atoms with Crippen LogP contribution in [0.25, 0.3) is 5.69 Å². The molecule has 4 rings (SSSR count). The van der Waals surface area contributed by atoms with E-state index in [4.69, 9.17) is 21.7 Å². The van der Waals surface area contributed by atoms with Gasteiger partial charge in [-0.2, -0.15) is 0 Å². The summed E-state index contributed by atoms with van der Waals surface area (Å²) in [4.78, 5) is 30.8. The van der Waals surface area contributed by atoms with Gasteiger partial charge in [0, 0.05) is 24.6 Å². The second kappa shape index (κ2) is 9.83. The summed E-state index contributed by atoms with van der Waals surface area (Å²) in [5.74, 6) is -0.738. The van der Waals surface area contributed by atoms with Crippen molar-refractivity contribution in [1.29, 1.82) is 0 Å². The summed E-state index contributed by atoms with van der Waals surface area (Å²) in [6.07, 6.45) is 3.81. The molecule has 1 aliphatic heterocycles. The fourth-order valence-electron chi connectivity index (χ4n) is 4.10. The molecule has 3 aromatic rings. The molecule has 0 radical (unpaired) electrons. The molecule has 2 atom stereocenters. The van der Waals surface area contributed by atoms with Crippen LogP contribution in [0.3, 0.4) is 0 Å². The topological polar surface area (TPSA) is 85.7 Å². The highest BCUT2D eigenvalue weighted by molar-refractivity contribution is 7.80. The number of para-hydroxylation sites is 1. The van der Waals surface area contributed by atoms with Gasteiger partial charge >= 0.3 is 11.9 Å². The fourth-order valence-corrected chi connectivity index (χ4v) is 4.43. The molecule has 0 saturated carbocycles. The largest absolute Gasteiger partial charge is 0.469 e. The first-order valence-corrected chi connectivity index (χ1v) is 10.9. The van der Waals surface area contributed by atoms with E-state index in [1.165, 1.54) is 14.2 Å². The van der Waals surface area contributed by atoms with Crippen molar-refractivity contribution < 1.29 is 19.1 Å². The fraction of sp³-hybridized carbons (Fsp3) is 0.250. The smallest absolute Gasteiger partial charge is 0.339 e. The highest BCUT2D eigenvalue weighted by Crippen LogP contribution is 2.39. The van der Waals surface area contributed by atoms with E-state index < -0.39 is 5.97 Å². The lowest BCUT2D eigenvalue weighted by Crippen LogP contribution is -2.32. The third-order valence-electron chi connectivity index (χ3n) is 5.63. The van der Waals surface area contributed by atoms with Gasteiger partial charge in [-0.05, 0) is 48.6 Å². The van der Waals surface area contributed by atoms with Gasteiger partial charge < -0.3 is 24.3 Å².